The molecule has 0 aromatic carbocycles. The van der Waals surface area contributed by atoms with E-state index in [0.717, 1.165) is 49.8 Å². The molecule has 2 heterocycles. The molecule has 4 saturated carbocycles. The van der Waals surface area contributed by atoms with E-state index in [1.165, 1.54) is 7.11 Å². The molecule has 5 fully saturated rings. The van der Waals surface area contributed by atoms with Gasteiger partial charge in [0.1, 0.15) is 11.9 Å². The van der Waals surface area contributed by atoms with Crippen LogP contribution in [0.3, 0.4) is 0 Å². The summed E-state index contributed by atoms with van der Waals surface area (Å²) in [5.41, 5.74) is 1.29. The van der Waals surface area contributed by atoms with E-state index in [-0.39, 0.29) is 45.4 Å². The minimum Gasteiger partial charge on any atom is -0.469 e. The fourth-order valence-corrected chi connectivity index (χ4v) is 10.7. The van der Waals surface area contributed by atoms with Gasteiger partial charge in [-0.05, 0) is 90.6 Å². The molecule has 0 bridgehead atoms. The van der Waals surface area contributed by atoms with Crippen molar-refractivity contribution in [2.75, 3.05) is 7.11 Å². The second kappa shape index (κ2) is 7.97. The van der Waals surface area contributed by atoms with Crippen LogP contribution in [-0.2, 0) is 25.5 Å². The maximum atomic E-state index is 12.7. The fraction of sp³-hybridized carbons (Fsp3) is 0.742. The van der Waals surface area contributed by atoms with Gasteiger partial charge in [-0.1, -0.05) is 27.4 Å². The second-order valence-electron chi connectivity index (χ2n) is 13.7. The Balaban J connectivity index is 1.36. The highest BCUT2D eigenvalue weighted by Gasteiger charge is 2.85. The molecule has 202 valence electrons. The number of aliphatic hydroxyl groups is 1. The first-order valence-electron chi connectivity index (χ1n) is 14.1. The van der Waals surface area contributed by atoms with Gasteiger partial charge < -0.3 is 19.0 Å². The van der Waals surface area contributed by atoms with Gasteiger partial charge in [0.25, 0.3) is 0 Å². The van der Waals surface area contributed by atoms with E-state index < -0.39 is 12.2 Å². The maximum absolute atomic E-state index is 12.7. The second-order valence-corrected chi connectivity index (χ2v) is 13.7. The molecule has 0 radical (unpaired) electrons. The van der Waals surface area contributed by atoms with Gasteiger partial charge >= 0.3 is 11.9 Å². The summed E-state index contributed by atoms with van der Waals surface area (Å²) in [6.45, 7) is 13.4. The molecule has 37 heavy (non-hydrogen) atoms. The lowest BCUT2D eigenvalue weighted by Gasteiger charge is -2.62. The minimum atomic E-state index is -0.714. The summed E-state index contributed by atoms with van der Waals surface area (Å²) in [5.74, 6) is 1.24. The Labute approximate surface area is 220 Å². The van der Waals surface area contributed by atoms with E-state index >= 15 is 0 Å². The van der Waals surface area contributed by atoms with Crippen LogP contribution in [0, 0.1) is 52.3 Å². The molecule has 10 unspecified atom stereocenters. The Kier molecular flexibility index (Phi) is 5.43. The number of hydrogen-bond donors (Lipinski definition) is 1. The van der Waals surface area contributed by atoms with Crippen molar-refractivity contribution in [1.82, 2.24) is 0 Å². The van der Waals surface area contributed by atoms with Crippen LogP contribution in [0.4, 0.5) is 0 Å². The highest BCUT2D eigenvalue weighted by atomic mass is 16.6. The first-order valence-corrected chi connectivity index (χ1v) is 14.1. The predicted octanol–water partition coefficient (Wildman–Crippen LogP) is 5.40. The molecule has 1 aromatic heterocycles. The topological polar surface area (TPSA) is 86.0 Å². The largest absolute Gasteiger partial charge is 0.469 e. The molecule has 1 saturated heterocycles. The molecule has 6 rings (SSSR count). The SMILES string of the molecule is C=C1C(=O)OC2C(O)C3C4(C)CCC(C(C)Cc5cc(C)co5)C4(C)CCC34CC4(CCC(=O)OC)C12. The zero-order valence-corrected chi connectivity index (χ0v) is 23.0. The Morgan fingerprint density at radius 3 is 2.70 bits per heavy atom. The highest BCUT2D eigenvalue weighted by Crippen LogP contribution is 2.88. The third-order valence-electron chi connectivity index (χ3n) is 12.4. The summed E-state index contributed by atoms with van der Waals surface area (Å²) in [5, 5.41) is 12.0. The monoisotopic (exact) mass is 510 g/mol. The number of hydrogen-bond acceptors (Lipinski definition) is 6. The summed E-state index contributed by atoms with van der Waals surface area (Å²) in [6, 6.07) is 2.15. The highest BCUT2D eigenvalue weighted by molar-refractivity contribution is 5.91. The van der Waals surface area contributed by atoms with Gasteiger partial charge in [0, 0.05) is 30.3 Å². The van der Waals surface area contributed by atoms with Crippen LogP contribution in [0.2, 0.25) is 0 Å². The molecule has 1 spiro atoms. The number of aliphatic hydroxyl groups excluding tert-OH is 1. The quantitative estimate of drug-likeness (QED) is 0.407. The molecular weight excluding hydrogens is 468 g/mol. The van der Waals surface area contributed by atoms with E-state index in [9.17, 15) is 14.7 Å². The van der Waals surface area contributed by atoms with E-state index in [2.05, 4.69) is 40.3 Å². The molecule has 1 aromatic rings. The minimum absolute atomic E-state index is 0.0272. The zero-order valence-electron chi connectivity index (χ0n) is 23.0. The van der Waals surface area contributed by atoms with Gasteiger partial charge in [-0.3, -0.25) is 4.79 Å². The molecule has 5 aliphatic rings. The van der Waals surface area contributed by atoms with Crippen LogP contribution < -0.4 is 0 Å². The number of ether oxygens (including phenoxy) is 2. The van der Waals surface area contributed by atoms with Crippen LogP contribution in [0.15, 0.2) is 28.9 Å². The van der Waals surface area contributed by atoms with Crippen LogP contribution in [-0.4, -0.2) is 36.4 Å². The van der Waals surface area contributed by atoms with Crippen LogP contribution in [0.1, 0.15) is 77.0 Å². The average molecular weight is 511 g/mol. The van der Waals surface area contributed by atoms with Crippen molar-refractivity contribution in [2.45, 2.75) is 91.3 Å². The van der Waals surface area contributed by atoms with E-state index in [4.69, 9.17) is 13.9 Å². The Morgan fingerprint density at radius 1 is 1.27 bits per heavy atom. The normalized spacial score (nSPS) is 46.4. The summed E-state index contributed by atoms with van der Waals surface area (Å²) in [6.07, 6.45) is 7.66. The smallest absolute Gasteiger partial charge is 0.334 e. The number of fused-ring (bicyclic) bond motifs is 4. The summed E-state index contributed by atoms with van der Waals surface area (Å²) in [4.78, 5) is 25.0. The predicted molar refractivity (Wildman–Crippen MR) is 137 cm³/mol. The van der Waals surface area contributed by atoms with E-state index in [1.807, 2.05) is 6.26 Å². The van der Waals surface area contributed by atoms with Gasteiger partial charge in [0.15, 0.2) is 0 Å². The number of rotatable bonds is 6. The Bertz CT molecular complexity index is 1150. The van der Waals surface area contributed by atoms with E-state index in [0.29, 0.717) is 30.3 Å². The number of carbonyl (C=O) groups excluding carboxylic acids is 2. The number of esters is 2. The van der Waals surface area contributed by atoms with Gasteiger partial charge in [0.05, 0.1) is 19.5 Å². The van der Waals surface area contributed by atoms with Crippen LogP contribution in [0.25, 0.3) is 0 Å². The first-order chi connectivity index (χ1) is 17.4. The van der Waals surface area contributed by atoms with Crippen molar-refractivity contribution >= 4 is 11.9 Å². The van der Waals surface area contributed by atoms with Crippen LogP contribution >= 0.6 is 0 Å². The molecular formula is C31H42O6. The van der Waals surface area contributed by atoms with E-state index in [1.54, 1.807) is 0 Å². The number of carbonyl (C=O) groups is 2. The Morgan fingerprint density at radius 2 is 2.03 bits per heavy atom. The molecule has 1 aliphatic heterocycles. The van der Waals surface area contributed by atoms with Crippen molar-refractivity contribution < 1.29 is 28.6 Å². The number of furan rings is 1. The van der Waals surface area contributed by atoms with Gasteiger partial charge in [-0.25, -0.2) is 4.79 Å². The lowest BCUT2D eigenvalue weighted by atomic mass is 9.42. The third kappa shape index (κ3) is 3.08. The molecule has 1 N–H and O–H groups in total. The van der Waals surface area contributed by atoms with Gasteiger partial charge in [-0.2, -0.15) is 0 Å². The van der Waals surface area contributed by atoms with Crippen molar-refractivity contribution in [2.24, 2.45) is 45.3 Å². The van der Waals surface area contributed by atoms with Crippen molar-refractivity contribution in [3.8, 4) is 0 Å². The van der Waals surface area contributed by atoms with Crippen molar-refractivity contribution in [3.63, 3.8) is 0 Å². The number of aryl methyl sites for hydroxylation is 1. The summed E-state index contributed by atoms with van der Waals surface area (Å²) in [7, 11) is 1.43. The van der Waals surface area contributed by atoms with Gasteiger partial charge in [-0.15, -0.1) is 0 Å². The molecule has 10 atom stereocenters. The molecule has 6 nitrogen and oxygen atoms in total. The molecule has 6 heteroatoms. The van der Waals surface area contributed by atoms with Gasteiger partial charge in [0.2, 0.25) is 0 Å². The summed E-state index contributed by atoms with van der Waals surface area (Å²) < 4.78 is 16.7. The van der Waals surface area contributed by atoms with Crippen LogP contribution in [0.5, 0.6) is 0 Å². The first kappa shape index (κ1) is 25.2. The molecule has 0 amide bonds. The van der Waals surface area contributed by atoms with Crippen molar-refractivity contribution in [1.29, 1.82) is 0 Å². The Hall–Kier alpha value is -2.08. The standard InChI is InChI=1S/C31H42O6/c1-17-13-20(36-15-17)14-18(2)21-7-9-29(5)26-24(33)25-23(19(3)27(34)37-25)30(10-8-22(32)35-6)16-31(26,30)12-11-28(21,29)4/h13,15,18,21,23-26,33H,3,7-12,14,16H2,1-2,4-6H3. The zero-order chi connectivity index (χ0) is 26.5. The average Bonchev–Trinajstić information content (AvgIpc) is 3.04. The lowest BCUT2D eigenvalue weighted by Crippen LogP contribution is -2.62. The number of methoxy groups -OCH3 is 1. The molecule has 4 aliphatic carbocycles. The third-order valence-corrected chi connectivity index (χ3v) is 12.4. The summed E-state index contributed by atoms with van der Waals surface area (Å²) >= 11 is 0. The lowest BCUT2D eigenvalue weighted by molar-refractivity contribution is -0.203. The fourth-order valence-electron chi connectivity index (χ4n) is 10.7. The van der Waals surface area contributed by atoms with Crippen molar-refractivity contribution in [3.05, 3.63) is 35.8 Å². The maximum Gasteiger partial charge on any atom is 0.334 e.